The van der Waals surface area contributed by atoms with Crippen LogP contribution in [0.4, 0.5) is 4.79 Å². The lowest BCUT2D eigenvalue weighted by Crippen LogP contribution is -2.37. The van der Waals surface area contributed by atoms with E-state index in [0.717, 1.165) is 16.7 Å². The van der Waals surface area contributed by atoms with Crippen molar-refractivity contribution in [2.45, 2.75) is 12.5 Å². The third-order valence-corrected chi connectivity index (χ3v) is 5.04. The smallest absolute Gasteiger partial charge is 0.317 e. The molecule has 1 atom stereocenters. The molecule has 0 fully saturated rings. The molecule has 0 saturated carbocycles. The van der Waals surface area contributed by atoms with Gasteiger partial charge < -0.3 is 23.8 Å². The second kappa shape index (κ2) is 7.96. The van der Waals surface area contributed by atoms with Crippen molar-refractivity contribution in [1.82, 2.24) is 4.90 Å². The predicted octanol–water partition coefficient (Wildman–Crippen LogP) is 4.03. The molecule has 7 heteroatoms. The molecule has 1 aliphatic rings. The molecule has 2 aromatic rings. The summed E-state index contributed by atoms with van der Waals surface area (Å²) in [6, 6.07) is 9.09. The number of hydrogen-bond acceptors (Lipinski definition) is 5. The van der Waals surface area contributed by atoms with Gasteiger partial charge in [-0.25, -0.2) is 0 Å². The summed E-state index contributed by atoms with van der Waals surface area (Å²) in [5.74, 6) is 2.47. The Bertz CT molecular complexity index is 855. The third-order valence-electron chi connectivity index (χ3n) is 4.82. The largest absolute Gasteiger partial charge is 0.493 e. The Hall–Kier alpha value is -2.60. The molecular weight excluding hydrogens is 370 g/mol. The van der Waals surface area contributed by atoms with Crippen LogP contribution in [-0.2, 0) is 6.42 Å². The first-order valence-corrected chi connectivity index (χ1v) is 8.84. The van der Waals surface area contributed by atoms with E-state index in [4.69, 9.17) is 30.5 Å². The van der Waals surface area contributed by atoms with E-state index in [-0.39, 0.29) is 6.04 Å². The van der Waals surface area contributed by atoms with Crippen molar-refractivity contribution in [2.24, 2.45) is 0 Å². The van der Waals surface area contributed by atoms with Crippen molar-refractivity contribution in [3.05, 3.63) is 47.0 Å². The standard InChI is InChI=1S/C20H22ClNO5/c1-24-15-6-5-13(10-16(15)25-2)19-14-11-18(27-4)17(26-3)9-12(14)7-8-22(19)20(21)23/h5-6,9-11,19H,7-8H2,1-4H3. The maximum atomic E-state index is 12.1. The topological polar surface area (TPSA) is 57.2 Å². The molecule has 0 bridgehead atoms. The van der Waals surface area contributed by atoms with Crippen LogP contribution in [0.25, 0.3) is 0 Å². The van der Waals surface area contributed by atoms with E-state index in [2.05, 4.69) is 0 Å². The van der Waals surface area contributed by atoms with E-state index in [9.17, 15) is 4.79 Å². The molecule has 144 valence electrons. The predicted molar refractivity (Wildman–Crippen MR) is 103 cm³/mol. The van der Waals surface area contributed by atoms with Gasteiger partial charge in [0.05, 0.1) is 34.5 Å². The fourth-order valence-electron chi connectivity index (χ4n) is 3.52. The summed E-state index contributed by atoms with van der Waals surface area (Å²) in [6.45, 7) is 0.504. The van der Waals surface area contributed by atoms with Gasteiger partial charge in [-0.2, -0.15) is 0 Å². The highest BCUT2D eigenvalue weighted by Gasteiger charge is 2.33. The van der Waals surface area contributed by atoms with Crippen molar-refractivity contribution < 1.29 is 23.7 Å². The van der Waals surface area contributed by atoms with Crippen molar-refractivity contribution in [3.63, 3.8) is 0 Å². The third kappa shape index (κ3) is 3.49. The zero-order valence-electron chi connectivity index (χ0n) is 15.7. The van der Waals surface area contributed by atoms with Crippen LogP contribution in [0.15, 0.2) is 30.3 Å². The van der Waals surface area contributed by atoms with Crippen molar-refractivity contribution in [2.75, 3.05) is 35.0 Å². The number of amides is 1. The molecule has 1 heterocycles. The van der Waals surface area contributed by atoms with Crippen molar-refractivity contribution in [3.8, 4) is 23.0 Å². The van der Waals surface area contributed by atoms with E-state index < -0.39 is 5.37 Å². The molecule has 0 spiro atoms. The summed E-state index contributed by atoms with van der Waals surface area (Å²) in [5, 5.41) is -0.504. The summed E-state index contributed by atoms with van der Waals surface area (Å²) in [7, 11) is 6.35. The summed E-state index contributed by atoms with van der Waals surface area (Å²) in [6.07, 6.45) is 0.679. The number of benzene rings is 2. The highest BCUT2D eigenvalue weighted by atomic mass is 35.5. The first-order valence-electron chi connectivity index (χ1n) is 8.46. The number of methoxy groups -OCH3 is 4. The highest BCUT2D eigenvalue weighted by molar-refractivity contribution is 6.62. The van der Waals surface area contributed by atoms with Crippen LogP contribution in [0.5, 0.6) is 23.0 Å². The molecular formula is C20H22ClNO5. The average Bonchev–Trinajstić information content (AvgIpc) is 2.70. The lowest BCUT2D eigenvalue weighted by Gasteiger charge is -2.37. The number of halogens is 1. The number of fused-ring (bicyclic) bond motifs is 1. The number of ether oxygens (including phenoxy) is 4. The van der Waals surface area contributed by atoms with Gasteiger partial charge in [0, 0.05) is 6.54 Å². The van der Waals surface area contributed by atoms with Crippen LogP contribution >= 0.6 is 11.6 Å². The maximum absolute atomic E-state index is 12.1. The SMILES string of the molecule is COc1ccc(C2c3cc(OC)c(OC)cc3CCN2C(=O)Cl)cc1OC. The first kappa shape index (κ1) is 19.2. The summed E-state index contributed by atoms with van der Waals surface area (Å²) in [4.78, 5) is 13.8. The fourth-order valence-corrected chi connectivity index (χ4v) is 3.70. The Morgan fingerprint density at radius 2 is 1.52 bits per heavy atom. The van der Waals surface area contributed by atoms with Gasteiger partial charge in [-0.15, -0.1) is 0 Å². The monoisotopic (exact) mass is 391 g/mol. The number of carbonyl (C=O) groups excluding carboxylic acids is 1. The van der Waals surface area contributed by atoms with E-state index in [0.29, 0.717) is 36.0 Å². The molecule has 0 N–H and O–H groups in total. The second-order valence-corrected chi connectivity index (χ2v) is 6.44. The lowest BCUT2D eigenvalue weighted by atomic mass is 9.88. The van der Waals surface area contributed by atoms with Crippen LogP contribution in [0.3, 0.4) is 0 Å². The molecule has 1 aliphatic heterocycles. The van der Waals surface area contributed by atoms with Crippen molar-refractivity contribution >= 4 is 17.0 Å². The molecule has 1 unspecified atom stereocenters. The Morgan fingerprint density at radius 1 is 0.926 bits per heavy atom. The van der Waals surface area contributed by atoms with Gasteiger partial charge in [0.25, 0.3) is 0 Å². The summed E-state index contributed by atoms with van der Waals surface area (Å²) < 4.78 is 21.6. The molecule has 1 amide bonds. The number of nitrogens with zero attached hydrogens (tertiary/aromatic N) is 1. The van der Waals surface area contributed by atoms with E-state index in [1.807, 2.05) is 30.3 Å². The minimum atomic E-state index is -0.504. The quantitative estimate of drug-likeness (QED) is 0.569. The van der Waals surface area contributed by atoms with E-state index in [1.54, 1.807) is 33.3 Å². The Morgan fingerprint density at radius 3 is 2.11 bits per heavy atom. The minimum Gasteiger partial charge on any atom is -0.493 e. The van der Waals surface area contributed by atoms with Crippen LogP contribution in [-0.4, -0.2) is 45.3 Å². The molecule has 6 nitrogen and oxygen atoms in total. The van der Waals surface area contributed by atoms with Crippen LogP contribution in [0.1, 0.15) is 22.7 Å². The van der Waals surface area contributed by atoms with Crippen LogP contribution in [0, 0.1) is 0 Å². The Kier molecular flexibility index (Phi) is 5.65. The molecule has 3 rings (SSSR count). The van der Waals surface area contributed by atoms with Gasteiger partial charge in [0.1, 0.15) is 0 Å². The highest BCUT2D eigenvalue weighted by Crippen LogP contribution is 2.43. The van der Waals surface area contributed by atoms with Gasteiger partial charge in [0.2, 0.25) is 0 Å². The fraction of sp³-hybridized carbons (Fsp3) is 0.350. The average molecular weight is 392 g/mol. The first-order chi connectivity index (χ1) is 13.0. The number of hydrogen-bond donors (Lipinski definition) is 0. The normalized spacial score (nSPS) is 15.7. The Labute approximate surface area is 163 Å². The maximum Gasteiger partial charge on any atom is 0.317 e. The van der Waals surface area contributed by atoms with Gasteiger partial charge in [-0.1, -0.05) is 6.07 Å². The number of rotatable bonds is 5. The molecule has 0 aromatic heterocycles. The summed E-state index contributed by atoms with van der Waals surface area (Å²) >= 11 is 5.91. The van der Waals surface area contributed by atoms with Gasteiger partial charge in [-0.3, -0.25) is 4.79 Å². The zero-order chi connectivity index (χ0) is 19.6. The van der Waals surface area contributed by atoms with E-state index >= 15 is 0 Å². The minimum absolute atomic E-state index is 0.363. The number of carbonyl (C=O) groups is 1. The molecule has 27 heavy (non-hydrogen) atoms. The lowest BCUT2D eigenvalue weighted by molar-refractivity contribution is 0.203. The zero-order valence-corrected chi connectivity index (χ0v) is 16.5. The Balaban J connectivity index is 2.18. The van der Waals surface area contributed by atoms with Gasteiger partial charge in [-0.05, 0) is 59.0 Å². The molecule has 0 aliphatic carbocycles. The van der Waals surface area contributed by atoms with Crippen LogP contribution in [0.2, 0.25) is 0 Å². The van der Waals surface area contributed by atoms with Gasteiger partial charge in [0.15, 0.2) is 23.0 Å². The van der Waals surface area contributed by atoms with Gasteiger partial charge >= 0.3 is 5.37 Å². The second-order valence-electron chi connectivity index (χ2n) is 6.12. The molecule has 0 radical (unpaired) electrons. The van der Waals surface area contributed by atoms with Crippen LogP contribution < -0.4 is 18.9 Å². The summed E-state index contributed by atoms with van der Waals surface area (Å²) in [5.41, 5.74) is 2.90. The van der Waals surface area contributed by atoms with Crippen molar-refractivity contribution in [1.29, 1.82) is 0 Å². The molecule has 2 aromatic carbocycles. The molecule has 0 saturated heterocycles. The van der Waals surface area contributed by atoms with E-state index in [1.165, 1.54) is 0 Å².